The first-order chi connectivity index (χ1) is 14.9. The summed E-state index contributed by atoms with van der Waals surface area (Å²) in [5.41, 5.74) is 2.86. The highest BCUT2D eigenvalue weighted by Crippen LogP contribution is 2.37. The maximum Gasteiger partial charge on any atom is 0.294 e. The third kappa shape index (κ3) is 4.44. The number of hydrogen-bond acceptors (Lipinski definition) is 5. The van der Waals surface area contributed by atoms with Gasteiger partial charge in [0.15, 0.2) is 5.75 Å². The molecular formula is C22H18Cl2N2O4S. The van der Waals surface area contributed by atoms with E-state index in [1.807, 2.05) is 18.2 Å². The number of hydrogen-bond donors (Lipinski definition) is 0. The third-order valence-corrected chi connectivity index (χ3v) is 6.64. The van der Waals surface area contributed by atoms with Crippen LogP contribution >= 0.6 is 35.0 Å². The van der Waals surface area contributed by atoms with Crippen molar-refractivity contribution in [2.24, 2.45) is 0 Å². The molecule has 0 radical (unpaired) electrons. The summed E-state index contributed by atoms with van der Waals surface area (Å²) >= 11 is 13.1. The van der Waals surface area contributed by atoms with Crippen LogP contribution in [-0.2, 0) is 22.6 Å². The normalized spacial score (nSPS) is 17.3. The van der Waals surface area contributed by atoms with E-state index < -0.39 is 11.1 Å². The Morgan fingerprint density at radius 2 is 1.84 bits per heavy atom. The van der Waals surface area contributed by atoms with Gasteiger partial charge in [-0.2, -0.15) is 0 Å². The summed E-state index contributed by atoms with van der Waals surface area (Å²) in [6, 6.07) is 11.1. The van der Waals surface area contributed by atoms with Crippen LogP contribution in [0.25, 0.3) is 6.08 Å². The van der Waals surface area contributed by atoms with Gasteiger partial charge in [-0.3, -0.25) is 19.3 Å². The highest BCUT2D eigenvalue weighted by atomic mass is 35.5. The van der Waals surface area contributed by atoms with E-state index in [2.05, 4.69) is 6.07 Å². The van der Waals surface area contributed by atoms with Gasteiger partial charge < -0.3 is 9.64 Å². The van der Waals surface area contributed by atoms with Crippen molar-refractivity contribution in [1.29, 1.82) is 0 Å². The van der Waals surface area contributed by atoms with Crippen molar-refractivity contribution in [2.45, 2.75) is 13.0 Å². The number of nitrogens with zero attached hydrogens (tertiary/aromatic N) is 2. The molecule has 0 aliphatic carbocycles. The Balaban J connectivity index is 1.48. The number of fused-ring (bicyclic) bond motifs is 1. The van der Waals surface area contributed by atoms with Crippen molar-refractivity contribution in [1.82, 2.24) is 9.80 Å². The lowest BCUT2D eigenvalue weighted by Crippen LogP contribution is -2.44. The Morgan fingerprint density at radius 1 is 1.16 bits per heavy atom. The lowest BCUT2D eigenvalue weighted by Gasteiger charge is -2.29. The Hall–Kier alpha value is -2.48. The molecule has 160 valence electrons. The SMILES string of the molecule is COc1c(Cl)cc(/C=C2\SC(=O)N(CC(=O)N3CCc4ccccc4C3)C2=O)cc1Cl. The highest BCUT2D eigenvalue weighted by molar-refractivity contribution is 8.18. The van der Waals surface area contributed by atoms with Crippen LogP contribution in [0.2, 0.25) is 10.0 Å². The van der Waals surface area contributed by atoms with E-state index in [0.29, 0.717) is 34.4 Å². The standard InChI is InChI=1S/C22H18Cl2N2O4S/c1-30-20-16(23)8-13(9-17(20)24)10-18-21(28)26(22(29)31-18)12-19(27)25-7-6-14-4-2-3-5-15(14)11-25/h2-5,8-10H,6-7,11-12H2,1H3/b18-10-. The molecule has 0 saturated carbocycles. The molecule has 2 heterocycles. The number of thioether (sulfide) groups is 1. The highest BCUT2D eigenvalue weighted by Gasteiger charge is 2.37. The molecule has 0 bridgehead atoms. The molecule has 0 spiro atoms. The monoisotopic (exact) mass is 476 g/mol. The maximum atomic E-state index is 12.8. The number of halogens is 2. The van der Waals surface area contributed by atoms with Gasteiger partial charge in [0.05, 0.1) is 22.1 Å². The lowest BCUT2D eigenvalue weighted by molar-refractivity contribution is -0.136. The van der Waals surface area contributed by atoms with E-state index in [1.54, 1.807) is 17.0 Å². The minimum absolute atomic E-state index is 0.207. The van der Waals surface area contributed by atoms with Crippen molar-refractivity contribution < 1.29 is 19.1 Å². The molecule has 9 heteroatoms. The summed E-state index contributed by atoms with van der Waals surface area (Å²) in [5.74, 6) is -0.431. The third-order valence-electron chi connectivity index (χ3n) is 5.17. The number of ether oxygens (including phenoxy) is 1. The number of imide groups is 1. The van der Waals surface area contributed by atoms with Gasteiger partial charge in [0, 0.05) is 13.1 Å². The second kappa shape index (κ2) is 8.94. The van der Waals surface area contributed by atoms with Crippen LogP contribution in [0.15, 0.2) is 41.3 Å². The fourth-order valence-corrected chi connectivity index (χ4v) is 5.09. The van der Waals surface area contributed by atoms with Crippen LogP contribution in [0.4, 0.5) is 4.79 Å². The van der Waals surface area contributed by atoms with Crippen LogP contribution < -0.4 is 4.74 Å². The Bertz CT molecular complexity index is 1100. The first-order valence-electron chi connectivity index (χ1n) is 9.50. The molecule has 3 amide bonds. The van der Waals surface area contributed by atoms with Crippen molar-refractivity contribution in [3.63, 3.8) is 0 Å². The van der Waals surface area contributed by atoms with Gasteiger partial charge in [-0.15, -0.1) is 0 Å². The van der Waals surface area contributed by atoms with Crippen LogP contribution in [0.5, 0.6) is 5.75 Å². The molecule has 2 aromatic rings. The van der Waals surface area contributed by atoms with E-state index in [1.165, 1.54) is 18.7 Å². The van der Waals surface area contributed by atoms with Crippen LogP contribution in [0.1, 0.15) is 16.7 Å². The topological polar surface area (TPSA) is 66.9 Å². The van der Waals surface area contributed by atoms with Gasteiger partial charge in [0.25, 0.3) is 11.1 Å². The van der Waals surface area contributed by atoms with Crippen LogP contribution in [0.3, 0.4) is 0 Å². The van der Waals surface area contributed by atoms with Crippen LogP contribution in [0, 0.1) is 0 Å². The zero-order valence-corrected chi connectivity index (χ0v) is 18.9. The quantitative estimate of drug-likeness (QED) is 0.602. The smallest absolute Gasteiger partial charge is 0.294 e. The molecule has 4 rings (SSSR count). The molecule has 0 atom stereocenters. The zero-order chi connectivity index (χ0) is 22.1. The van der Waals surface area contributed by atoms with Crippen molar-refractivity contribution >= 4 is 58.1 Å². The fraction of sp³-hybridized carbons (Fsp3) is 0.227. The molecule has 0 N–H and O–H groups in total. The molecule has 2 aliphatic heterocycles. The largest absolute Gasteiger partial charge is 0.494 e. The molecule has 1 saturated heterocycles. The van der Waals surface area contributed by atoms with Gasteiger partial charge in [-0.1, -0.05) is 47.5 Å². The van der Waals surface area contributed by atoms with Crippen molar-refractivity contribution in [2.75, 3.05) is 20.2 Å². The average molecular weight is 477 g/mol. The summed E-state index contributed by atoms with van der Waals surface area (Å²) in [5, 5.41) is 0.106. The summed E-state index contributed by atoms with van der Waals surface area (Å²) in [4.78, 5) is 40.9. The minimum atomic E-state index is -0.510. The maximum absolute atomic E-state index is 12.8. The van der Waals surface area contributed by atoms with Crippen LogP contribution in [-0.4, -0.2) is 47.1 Å². The molecule has 1 fully saturated rings. The van der Waals surface area contributed by atoms with E-state index in [4.69, 9.17) is 27.9 Å². The van der Waals surface area contributed by atoms with Crippen molar-refractivity contribution in [3.8, 4) is 5.75 Å². The summed E-state index contributed by atoms with van der Waals surface area (Å²) in [6.07, 6.45) is 2.28. The van der Waals surface area contributed by atoms with E-state index >= 15 is 0 Å². The zero-order valence-electron chi connectivity index (χ0n) is 16.6. The molecule has 6 nitrogen and oxygen atoms in total. The van der Waals surface area contributed by atoms with E-state index in [9.17, 15) is 14.4 Å². The molecule has 2 aromatic carbocycles. The number of rotatable bonds is 4. The molecule has 0 aromatic heterocycles. The Labute approximate surface area is 193 Å². The second-order valence-corrected chi connectivity index (χ2v) is 8.93. The lowest BCUT2D eigenvalue weighted by atomic mass is 10.00. The first-order valence-corrected chi connectivity index (χ1v) is 11.1. The number of carbonyl (C=O) groups is 3. The molecule has 0 unspecified atom stereocenters. The predicted octanol–water partition coefficient (Wildman–Crippen LogP) is 4.62. The Morgan fingerprint density at radius 3 is 2.52 bits per heavy atom. The number of carbonyl (C=O) groups excluding carboxylic acids is 3. The minimum Gasteiger partial charge on any atom is -0.494 e. The molecule has 2 aliphatic rings. The first kappa shape index (κ1) is 21.7. The number of methoxy groups -OCH3 is 1. The predicted molar refractivity (Wildman–Crippen MR) is 121 cm³/mol. The molecular weight excluding hydrogens is 459 g/mol. The summed E-state index contributed by atoms with van der Waals surface area (Å²) < 4.78 is 5.12. The van der Waals surface area contributed by atoms with Gasteiger partial charge in [0.2, 0.25) is 5.91 Å². The summed E-state index contributed by atoms with van der Waals surface area (Å²) in [7, 11) is 1.45. The van der Waals surface area contributed by atoms with Gasteiger partial charge in [0.1, 0.15) is 6.54 Å². The van der Waals surface area contributed by atoms with Gasteiger partial charge >= 0.3 is 0 Å². The van der Waals surface area contributed by atoms with E-state index in [-0.39, 0.29) is 17.4 Å². The second-order valence-electron chi connectivity index (χ2n) is 7.12. The van der Waals surface area contributed by atoms with E-state index in [0.717, 1.165) is 28.6 Å². The summed E-state index contributed by atoms with van der Waals surface area (Å²) in [6.45, 7) is 0.753. The molecule has 31 heavy (non-hydrogen) atoms. The Kier molecular flexibility index (Phi) is 6.27. The fourth-order valence-electron chi connectivity index (χ4n) is 3.59. The number of amides is 3. The van der Waals surface area contributed by atoms with Crippen molar-refractivity contribution in [3.05, 3.63) is 68.0 Å². The van der Waals surface area contributed by atoms with Gasteiger partial charge in [-0.05, 0) is 53.1 Å². The average Bonchev–Trinajstić information content (AvgIpc) is 3.00. The number of benzene rings is 2. The van der Waals surface area contributed by atoms with Gasteiger partial charge in [-0.25, -0.2) is 0 Å².